The van der Waals surface area contributed by atoms with Crippen molar-refractivity contribution < 1.29 is 4.79 Å². The van der Waals surface area contributed by atoms with Gasteiger partial charge in [-0.05, 0) is 12.8 Å². The van der Waals surface area contributed by atoms with E-state index in [9.17, 15) is 4.79 Å². The fourth-order valence-corrected chi connectivity index (χ4v) is 2.21. The van der Waals surface area contributed by atoms with Crippen molar-refractivity contribution in [1.29, 1.82) is 0 Å². The van der Waals surface area contributed by atoms with E-state index in [-0.39, 0.29) is 23.9 Å². The van der Waals surface area contributed by atoms with Crippen molar-refractivity contribution >= 4 is 18.3 Å². The molecule has 1 spiro atoms. The summed E-state index contributed by atoms with van der Waals surface area (Å²) in [6, 6.07) is 0. The molecule has 0 aromatic rings. The lowest BCUT2D eigenvalue weighted by molar-refractivity contribution is -0.134. The SMILES string of the molecule is CC(=O)N1CCCC12CNC2.Cl. The van der Waals surface area contributed by atoms with Crippen LogP contribution in [-0.4, -0.2) is 36.0 Å². The monoisotopic (exact) mass is 190 g/mol. The quantitative estimate of drug-likeness (QED) is 0.600. The van der Waals surface area contributed by atoms with E-state index in [1.54, 1.807) is 6.92 Å². The number of nitrogens with one attached hydrogen (secondary N) is 1. The number of carbonyl (C=O) groups excluding carboxylic acids is 1. The number of carbonyl (C=O) groups is 1. The molecule has 1 amide bonds. The van der Waals surface area contributed by atoms with Gasteiger partial charge in [0.05, 0.1) is 5.54 Å². The summed E-state index contributed by atoms with van der Waals surface area (Å²) in [5, 5.41) is 3.23. The molecule has 2 fully saturated rings. The minimum Gasteiger partial charge on any atom is -0.335 e. The molecule has 0 aliphatic carbocycles. The summed E-state index contributed by atoms with van der Waals surface area (Å²) >= 11 is 0. The van der Waals surface area contributed by atoms with Gasteiger partial charge in [-0.2, -0.15) is 0 Å². The molecule has 0 saturated carbocycles. The van der Waals surface area contributed by atoms with Gasteiger partial charge in [0, 0.05) is 26.6 Å². The first kappa shape index (κ1) is 9.81. The molecule has 1 N–H and O–H groups in total. The largest absolute Gasteiger partial charge is 0.335 e. The number of rotatable bonds is 0. The number of hydrogen-bond donors (Lipinski definition) is 1. The van der Waals surface area contributed by atoms with Crippen molar-refractivity contribution in [2.75, 3.05) is 19.6 Å². The van der Waals surface area contributed by atoms with Crippen molar-refractivity contribution in [3.05, 3.63) is 0 Å². The third-order valence-electron chi connectivity index (χ3n) is 2.88. The van der Waals surface area contributed by atoms with Gasteiger partial charge in [0.1, 0.15) is 0 Å². The van der Waals surface area contributed by atoms with Crippen molar-refractivity contribution in [3.8, 4) is 0 Å². The minimum atomic E-state index is 0. The molecule has 2 rings (SSSR count). The molecule has 2 saturated heterocycles. The van der Waals surface area contributed by atoms with E-state index in [0.29, 0.717) is 0 Å². The van der Waals surface area contributed by atoms with E-state index >= 15 is 0 Å². The Balaban J connectivity index is 0.000000720. The van der Waals surface area contributed by atoms with Gasteiger partial charge in [0.25, 0.3) is 0 Å². The molecular formula is C8H15ClN2O. The summed E-state index contributed by atoms with van der Waals surface area (Å²) in [5.74, 6) is 0.240. The number of amides is 1. The summed E-state index contributed by atoms with van der Waals surface area (Å²) < 4.78 is 0. The molecule has 0 bridgehead atoms. The van der Waals surface area contributed by atoms with Gasteiger partial charge < -0.3 is 10.2 Å². The lowest BCUT2D eigenvalue weighted by Gasteiger charge is -2.46. The van der Waals surface area contributed by atoms with E-state index in [2.05, 4.69) is 5.32 Å². The number of likely N-dealkylation sites (tertiary alicyclic amines) is 1. The van der Waals surface area contributed by atoms with E-state index in [1.807, 2.05) is 4.90 Å². The average Bonchev–Trinajstić information content (AvgIpc) is 2.27. The molecule has 3 nitrogen and oxygen atoms in total. The first-order chi connectivity index (χ1) is 5.25. The third-order valence-corrected chi connectivity index (χ3v) is 2.88. The van der Waals surface area contributed by atoms with Crippen LogP contribution in [0.15, 0.2) is 0 Å². The van der Waals surface area contributed by atoms with Crippen molar-refractivity contribution in [2.45, 2.75) is 25.3 Å². The standard InChI is InChI=1S/C8H14N2O.ClH/c1-7(11)10-4-2-3-8(10)5-9-6-8;/h9H,2-6H2,1H3;1H. The van der Waals surface area contributed by atoms with E-state index in [1.165, 1.54) is 12.8 Å². The predicted molar refractivity (Wildman–Crippen MR) is 49.5 cm³/mol. The van der Waals surface area contributed by atoms with Crippen LogP contribution in [-0.2, 0) is 4.79 Å². The molecule has 0 atom stereocenters. The van der Waals surface area contributed by atoms with Gasteiger partial charge in [-0.15, -0.1) is 12.4 Å². The maximum absolute atomic E-state index is 11.2. The van der Waals surface area contributed by atoms with Crippen LogP contribution >= 0.6 is 12.4 Å². The zero-order valence-electron chi connectivity index (χ0n) is 7.30. The second-order valence-electron chi connectivity index (χ2n) is 3.60. The van der Waals surface area contributed by atoms with Crippen molar-refractivity contribution in [2.24, 2.45) is 0 Å². The Morgan fingerprint density at radius 3 is 2.50 bits per heavy atom. The zero-order chi connectivity index (χ0) is 7.90. The molecular weight excluding hydrogens is 176 g/mol. The summed E-state index contributed by atoms with van der Waals surface area (Å²) in [6.07, 6.45) is 2.38. The zero-order valence-corrected chi connectivity index (χ0v) is 8.12. The van der Waals surface area contributed by atoms with Gasteiger partial charge in [0.15, 0.2) is 0 Å². The van der Waals surface area contributed by atoms with Crippen LogP contribution in [0.5, 0.6) is 0 Å². The second-order valence-corrected chi connectivity index (χ2v) is 3.60. The molecule has 12 heavy (non-hydrogen) atoms. The molecule has 70 valence electrons. The summed E-state index contributed by atoms with van der Waals surface area (Å²) in [5.41, 5.74) is 0.228. The number of halogens is 1. The Hall–Kier alpha value is -0.280. The minimum absolute atomic E-state index is 0. The van der Waals surface area contributed by atoms with Crippen LogP contribution in [0.2, 0.25) is 0 Å². The summed E-state index contributed by atoms with van der Waals surface area (Å²) in [7, 11) is 0. The predicted octanol–water partition coefficient (Wildman–Crippen LogP) is 0.392. The third kappa shape index (κ3) is 1.21. The Kier molecular flexibility index (Phi) is 2.64. The van der Waals surface area contributed by atoms with Crippen LogP contribution in [0.4, 0.5) is 0 Å². The molecule has 2 aliphatic heterocycles. The fraction of sp³-hybridized carbons (Fsp3) is 0.875. The Morgan fingerprint density at radius 2 is 2.17 bits per heavy atom. The molecule has 0 aromatic heterocycles. The van der Waals surface area contributed by atoms with Gasteiger partial charge in [0.2, 0.25) is 5.91 Å². The smallest absolute Gasteiger partial charge is 0.219 e. The maximum atomic E-state index is 11.2. The van der Waals surface area contributed by atoms with Crippen molar-refractivity contribution in [3.63, 3.8) is 0 Å². The van der Waals surface area contributed by atoms with Gasteiger partial charge in [-0.1, -0.05) is 0 Å². The molecule has 0 aromatic carbocycles. The highest BCUT2D eigenvalue weighted by atomic mass is 35.5. The lowest BCUT2D eigenvalue weighted by Crippen LogP contribution is -2.67. The topological polar surface area (TPSA) is 32.3 Å². The van der Waals surface area contributed by atoms with E-state index in [0.717, 1.165) is 19.6 Å². The second kappa shape index (κ2) is 3.23. The van der Waals surface area contributed by atoms with E-state index < -0.39 is 0 Å². The van der Waals surface area contributed by atoms with Crippen LogP contribution < -0.4 is 5.32 Å². The number of hydrogen-bond acceptors (Lipinski definition) is 2. The molecule has 0 radical (unpaired) electrons. The first-order valence-corrected chi connectivity index (χ1v) is 4.24. The molecule has 4 heteroatoms. The van der Waals surface area contributed by atoms with Crippen LogP contribution in [0, 0.1) is 0 Å². The molecule has 0 unspecified atom stereocenters. The fourth-order valence-electron chi connectivity index (χ4n) is 2.21. The Bertz CT molecular complexity index is 191. The van der Waals surface area contributed by atoms with Gasteiger partial charge in [-0.3, -0.25) is 4.79 Å². The number of nitrogens with zero attached hydrogens (tertiary/aromatic N) is 1. The van der Waals surface area contributed by atoms with Gasteiger partial charge >= 0.3 is 0 Å². The van der Waals surface area contributed by atoms with E-state index in [4.69, 9.17) is 0 Å². The average molecular weight is 191 g/mol. The highest BCUT2D eigenvalue weighted by molar-refractivity contribution is 5.85. The summed E-state index contributed by atoms with van der Waals surface area (Å²) in [6.45, 7) is 4.65. The molecule has 2 heterocycles. The highest BCUT2D eigenvalue weighted by Gasteiger charge is 2.46. The van der Waals surface area contributed by atoms with Gasteiger partial charge in [-0.25, -0.2) is 0 Å². The Morgan fingerprint density at radius 1 is 1.50 bits per heavy atom. The maximum Gasteiger partial charge on any atom is 0.219 e. The Labute approximate surface area is 78.9 Å². The molecule has 2 aliphatic rings. The highest BCUT2D eigenvalue weighted by Crippen LogP contribution is 2.32. The first-order valence-electron chi connectivity index (χ1n) is 4.24. The lowest BCUT2D eigenvalue weighted by atomic mass is 9.89. The summed E-state index contributed by atoms with van der Waals surface area (Å²) in [4.78, 5) is 13.2. The van der Waals surface area contributed by atoms with Crippen LogP contribution in [0.3, 0.4) is 0 Å². The van der Waals surface area contributed by atoms with Crippen LogP contribution in [0.1, 0.15) is 19.8 Å². The van der Waals surface area contributed by atoms with Crippen LogP contribution in [0.25, 0.3) is 0 Å². The van der Waals surface area contributed by atoms with Crippen molar-refractivity contribution in [1.82, 2.24) is 10.2 Å². The normalized spacial score (nSPS) is 24.9.